The van der Waals surface area contributed by atoms with Crippen LogP contribution in [0.1, 0.15) is 0 Å². The average Bonchev–Trinajstić information content (AvgIpc) is 2.60. The van der Waals surface area contributed by atoms with Gasteiger partial charge in [0, 0.05) is 12.4 Å². The maximum absolute atomic E-state index is 11.8. The molecular formula is C8H6F3N3O. The SMILES string of the molecule is FC(F)(F)COc1cn2ccnc2cn1. The lowest BCUT2D eigenvalue weighted by Crippen LogP contribution is -2.19. The van der Waals surface area contributed by atoms with Crippen LogP contribution in [0.3, 0.4) is 0 Å². The molecule has 0 aliphatic carbocycles. The number of fused-ring (bicyclic) bond motifs is 1. The van der Waals surface area contributed by atoms with Crippen molar-refractivity contribution in [2.24, 2.45) is 0 Å². The third-order valence-corrected chi connectivity index (χ3v) is 1.64. The molecular weight excluding hydrogens is 211 g/mol. The summed E-state index contributed by atoms with van der Waals surface area (Å²) < 4.78 is 41.5. The first-order valence-corrected chi connectivity index (χ1v) is 4.03. The van der Waals surface area contributed by atoms with Crippen LogP contribution in [0.2, 0.25) is 0 Å². The number of aromatic nitrogens is 3. The van der Waals surface area contributed by atoms with Crippen molar-refractivity contribution in [3.05, 3.63) is 24.8 Å². The third-order valence-electron chi connectivity index (χ3n) is 1.64. The quantitative estimate of drug-likeness (QED) is 0.768. The maximum Gasteiger partial charge on any atom is 0.422 e. The van der Waals surface area contributed by atoms with Crippen molar-refractivity contribution in [3.8, 4) is 5.88 Å². The van der Waals surface area contributed by atoms with Crippen LogP contribution in [-0.2, 0) is 0 Å². The van der Waals surface area contributed by atoms with E-state index in [1.165, 1.54) is 23.0 Å². The highest BCUT2D eigenvalue weighted by Crippen LogP contribution is 2.16. The Morgan fingerprint density at radius 2 is 2.13 bits per heavy atom. The van der Waals surface area contributed by atoms with E-state index in [1.807, 2.05) is 0 Å². The van der Waals surface area contributed by atoms with Crippen LogP contribution >= 0.6 is 0 Å². The molecule has 0 atom stereocenters. The zero-order valence-corrected chi connectivity index (χ0v) is 7.40. The number of rotatable bonds is 2. The van der Waals surface area contributed by atoms with Crippen LogP contribution in [0.5, 0.6) is 5.88 Å². The standard InChI is InChI=1S/C8H6F3N3O/c9-8(10,11)5-15-7-4-14-2-1-12-6(14)3-13-7/h1-4H,5H2. The van der Waals surface area contributed by atoms with Crippen LogP contribution in [0.4, 0.5) is 13.2 Å². The van der Waals surface area contributed by atoms with Crippen LogP contribution in [0, 0.1) is 0 Å². The summed E-state index contributed by atoms with van der Waals surface area (Å²) in [6.07, 6.45) is 1.44. The summed E-state index contributed by atoms with van der Waals surface area (Å²) in [5.41, 5.74) is 0.550. The molecule has 0 bridgehead atoms. The minimum atomic E-state index is -4.36. The lowest BCUT2D eigenvalue weighted by atomic mass is 10.6. The van der Waals surface area contributed by atoms with Crippen LogP contribution in [0.15, 0.2) is 24.8 Å². The van der Waals surface area contributed by atoms with E-state index in [0.29, 0.717) is 5.65 Å². The second kappa shape index (κ2) is 3.41. The number of hydrogen-bond donors (Lipinski definition) is 0. The van der Waals surface area contributed by atoms with Gasteiger partial charge in [-0.2, -0.15) is 13.2 Å². The molecule has 0 saturated heterocycles. The molecule has 4 nitrogen and oxygen atoms in total. The molecule has 0 aliphatic rings. The normalized spacial score (nSPS) is 11.9. The monoisotopic (exact) mass is 217 g/mol. The smallest absolute Gasteiger partial charge is 0.422 e. The van der Waals surface area contributed by atoms with E-state index in [4.69, 9.17) is 0 Å². The highest BCUT2D eigenvalue weighted by atomic mass is 19.4. The summed E-state index contributed by atoms with van der Waals surface area (Å²) in [5, 5.41) is 0. The molecule has 0 unspecified atom stereocenters. The van der Waals surface area contributed by atoms with E-state index in [-0.39, 0.29) is 5.88 Å². The van der Waals surface area contributed by atoms with Crippen molar-refractivity contribution in [2.45, 2.75) is 6.18 Å². The molecule has 0 saturated carbocycles. The van der Waals surface area contributed by atoms with Gasteiger partial charge in [0.1, 0.15) is 0 Å². The Balaban J connectivity index is 2.15. The molecule has 0 amide bonds. The van der Waals surface area contributed by atoms with E-state index >= 15 is 0 Å². The van der Waals surface area contributed by atoms with Crippen molar-refractivity contribution in [3.63, 3.8) is 0 Å². The molecule has 2 aromatic heterocycles. The predicted molar refractivity (Wildman–Crippen MR) is 44.5 cm³/mol. The molecule has 80 valence electrons. The highest BCUT2D eigenvalue weighted by molar-refractivity contribution is 5.35. The summed E-state index contributed by atoms with van der Waals surface area (Å²) in [6.45, 7) is -1.35. The first-order chi connectivity index (χ1) is 7.04. The van der Waals surface area contributed by atoms with Gasteiger partial charge in [-0.05, 0) is 0 Å². The fraction of sp³-hybridized carbons (Fsp3) is 0.250. The highest BCUT2D eigenvalue weighted by Gasteiger charge is 2.28. The average molecular weight is 217 g/mol. The van der Waals surface area contributed by atoms with Gasteiger partial charge in [0.05, 0.1) is 12.4 Å². The summed E-state index contributed by atoms with van der Waals surface area (Å²) in [7, 11) is 0. The fourth-order valence-electron chi connectivity index (χ4n) is 1.04. The van der Waals surface area contributed by atoms with Crippen molar-refractivity contribution < 1.29 is 17.9 Å². The summed E-state index contributed by atoms with van der Waals surface area (Å²) >= 11 is 0. The first kappa shape index (κ1) is 9.75. The Morgan fingerprint density at radius 1 is 1.33 bits per heavy atom. The Labute approximate surface area is 82.3 Å². The van der Waals surface area contributed by atoms with Gasteiger partial charge in [-0.15, -0.1) is 0 Å². The van der Waals surface area contributed by atoms with Crippen LogP contribution < -0.4 is 4.74 Å². The number of ether oxygens (including phenoxy) is 1. The Morgan fingerprint density at radius 3 is 2.87 bits per heavy atom. The lowest BCUT2D eigenvalue weighted by molar-refractivity contribution is -0.154. The van der Waals surface area contributed by atoms with E-state index in [0.717, 1.165) is 0 Å². The van der Waals surface area contributed by atoms with Gasteiger partial charge in [-0.3, -0.25) is 0 Å². The summed E-state index contributed by atoms with van der Waals surface area (Å²) in [5.74, 6) is -0.0853. The Kier molecular flexibility index (Phi) is 2.22. The number of imidazole rings is 1. The second-order valence-electron chi connectivity index (χ2n) is 2.82. The van der Waals surface area contributed by atoms with Crippen LogP contribution in [0.25, 0.3) is 5.65 Å². The maximum atomic E-state index is 11.8. The van der Waals surface area contributed by atoms with Gasteiger partial charge in [-0.1, -0.05) is 0 Å². The molecule has 0 aromatic carbocycles. The van der Waals surface area contributed by atoms with Gasteiger partial charge in [0.25, 0.3) is 0 Å². The molecule has 2 aromatic rings. The molecule has 0 aliphatic heterocycles. The first-order valence-electron chi connectivity index (χ1n) is 4.03. The predicted octanol–water partition coefficient (Wildman–Crippen LogP) is 1.67. The number of hydrogen-bond acceptors (Lipinski definition) is 3. The Bertz CT molecular complexity index is 465. The Hall–Kier alpha value is -1.79. The number of halogens is 3. The largest absolute Gasteiger partial charge is 0.467 e. The number of nitrogens with zero attached hydrogens (tertiary/aromatic N) is 3. The molecule has 0 spiro atoms. The molecule has 2 rings (SSSR count). The van der Waals surface area contributed by atoms with Crippen molar-refractivity contribution in [1.82, 2.24) is 14.4 Å². The lowest BCUT2D eigenvalue weighted by Gasteiger charge is -2.07. The van der Waals surface area contributed by atoms with Crippen molar-refractivity contribution in [2.75, 3.05) is 6.61 Å². The molecule has 0 N–H and O–H groups in total. The fourth-order valence-corrected chi connectivity index (χ4v) is 1.04. The van der Waals surface area contributed by atoms with Gasteiger partial charge in [0.2, 0.25) is 5.88 Å². The van der Waals surface area contributed by atoms with E-state index < -0.39 is 12.8 Å². The minimum absolute atomic E-state index is 0.0853. The molecule has 15 heavy (non-hydrogen) atoms. The minimum Gasteiger partial charge on any atom is -0.467 e. The topological polar surface area (TPSA) is 39.4 Å². The van der Waals surface area contributed by atoms with E-state index in [2.05, 4.69) is 14.7 Å². The van der Waals surface area contributed by atoms with Gasteiger partial charge >= 0.3 is 6.18 Å². The third kappa shape index (κ3) is 2.36. The molecule has 2 heterocycles. The van der Waals surface area contributed by atoms with Crippen molar-refractivity contribution >= 4 is 5.65 Å². The van der Waals surface area contributed by atoms with Gasteiger partial charge in [0.15, 0.2) is 12.3 Å². The molecule has 0 fully saturated rings. The number of alkyl halides is 3. The van der Waals surface area contributed by atoms with Crippen molar-refractivity contribution in [1.29, 1.82) is 0 Å². The zero-order chi connectivity index (χ0) is 10.9. The second-order valence-corrected chi connectivity index (χ2v) is 2.82. The van der Waals surface area contributed by atoms with Crippen LogP contribution in [-0.4, -0.2) is 27.2 Å². The van der Waals surface area contributed by atoms with Gasteiger partial charge < -0.3 is 9.14 Å². The molecule has 0 radical (unpaired) electrons. The summed E-state index contributed by atoms with van der Waals surface area (Å²) in [4.78, 5) is 7.57. The van der Waals surface area contributed by atoms with E-state index in [9.17, 15) is 13.2 Å². The zero-order valence-electron chi connectivity index (χ0n) is 7.40. The van der Waals surface area contributed by atoms with E-state index in [1.54, 1.807) is 6.20 Å². The summed E-state index contributed by atoms with van der Waals surface area (Å²) in [6, 6.07) is 0. The van der Waals surface area contributed by atoms with Gasteiger partial charge in [-0.25, -0.2) is 9.97 Å². The molecule has 7 heteroatoms.